The number of hydrogen-bond acceptors (Lipinski definition) is 4. The van der Waals surface area contributed by atoms with E-state index in [1.165, 1.54) is 35.6 Å². The number of rotatable bonds is 5. The van der Waals surface area contributed by atoms with Crippen molar-refractivity contribution in [3.05, 3.63) is 64.5 Å². The molecule has 0 atom stereocenters. The lowest BCUT2D eigenvalue weighted by molar-refractivity contribution is -0.115. The van der Waals surface area contributed by atoms with E-state index in [4.69, 9.17) is 0 Å². The molecule has 0 spiro atoms. The van der Waals surface area contributed by atoms with Gasteiger partial charge >= 0.3 is 0 Å². The van der Waals surface area contributed by atoms with E-state index in [1.807, 2.05) is 11.4 Å². The summed E-state index contributed by atoms with van der Waals surface area (Å²) >= 11 is 1.49. The highest BCUT2D eigenvalue weighted by Gasteiger charge is 2.10. The van der Waals surface area contributed by atoms with Gasteiger partial charge in [-0.1, -0.05) is 24.3 Å². The number of aromatic nitrogens is 3. The van der Waals surface area contributed by atoms with Crippen molar-refractivity contribution < 1.29 is 13.6 Å². The standard InChI is InChI=1S/C19H14F2N4OS/c20-18(21)12-3-1-11(2-4-12)7-17(26)23-13-5-6-14-15(8-13)25-19(24-14)16-9-27-10-22-16/h1-6,8-10,18H,7H2,(H,23,26)(H,24,25). The number of thiazole rings is 1. The van der Waals surface area contributed by atoms with Crippen LogP contribution in [0.15, 0.2) is 53.4 Å². The fourth-order valence-corrected chi connectivity index (χ4v) is 3.24. The molecular formula is C19H14F2N4OS. The minimum Gasteiger partial charge on any atom is -0.337 e. The highest BCUT2D eigenvalue weighted by Crippen LogP contribution is 2.23. The Morgan fingerprint density at radius 3 is 2.70 bits per heavy atom. The van der Waals surface area contributed by atoms with Gasteiger partial charge in [0, 0.05) is 16.6 Å². The molecule has 2 heterocycles. The predicted octanol–water partition coefficient (Wildman–Crippen LogP) is 4.81. The number of nitrogens with one attached hydrogen (secondary N) is 2. The van der Waals surface area contributed by atoms with Crippen molar-refractivity contribution in [3.63, 3.8) is 0 Å². The second-order valence-electron chi connectivity index (χ2n) is 5.96. The van der Waals surface area contributed by atoms with Crippen LogP contribution >= 0.6 is 11.3 Å². The second-order valence-corrected chi connectivity index (χ2v) is 6.68. The molecular weight excluding hydrogens is 370 g/mol. The molecule has 0 aliphatic carbocycles. The van der Waals surface area contributed by atoms with Gasteiger partial charge in [0.1, 0.15) is 5.69 Å². The molecule has 0 bridgehead atoms. The van der Waals surface area contributed by atoms with Crippen LogP contribution in [0.1, 0.15) is 17.6 Å². The Hall–Kier alpha value is -3.13. The van der Waals surface area contributed by atoms with E-state index in [0.29, 0.717) is 17.1 Å². The predicted molar refractivity (Wildman–Crippen MR) is 101 cm³/mol. The van der Waals surface area contributed by atoms with E-state index < -0.39 is 6.43 Å². The number of aromatic amines is 1. The van der Waals surface area contributed by atoms with Crippen LogP contribution in [0.2, 0.25) is 0 Å². The summed E-state index contributed by atoms with van der Waals surface area (Å²) < 4.78 is 25.2. The fourth-order valence-electron chi connectivity index (χ4n) is 2.71. The monoisotopic (exact) mass is 384 g/mol. The van der Waals surface area contributed by atoms with Crippen LogP contribution in [-0.4, -0.2) is 20.9 Å². The molecule has 0 saturated heterocycles. The highest BCUT2D eigenvalue weighted by molar-refractivity contribution is 7.07. The first-order chi connectivity index (χ1) is 13.1. The summed E-state index contributed by atoms with van der Waals surface area (Å²) in [5, 5.41) is 4.71. The molecule has 0 fully saturated rings. The van der Waals surface area contributed by atoms with Crippen molar-refractivity contribution in [1.29, 1.82) is 0 Å². The largest absolute Gasteiger partial charge is 0.337 e. The molecule has 0 aliphatic rings. The number of nitrogens with zero attached hydrogens (tertiary/aromatic N) is 2. The van der Waals surface area contributed by atoms with Gasteiger partial charge in [0.2, 0.25) is 5.91 Å². The molecule has 4 aromatic rings. The molecule has 2 N–H and O–H groups in total. The maximum Gasteiger partial charge on any atom is 0.263 e. The van der Waals surface area contributed by atoms with Gasteiger partial charge in [-0.2, -0.15) is 0 Å². The summed E-state index contributed by atoms with van der Waals surface area (Å²) in [6.07, 6.45) is -2.41. The number of benzene rings is 2. The molecule has 4 rings (SSSR count). The zero-order valence-electron chi connectivity index (χ0n) is 13.9. The van der Waals surface area contributed by atoms with Crippen molar-refractivity contribution >= 4 is 34.0 Å². The number of carbonyl (C=O) groups excluding carboxylic acids is 1. The van der Waals surface area contributed by atoms with E-state index in [2.05, 4.69) is 20.3 Å². The zero-order valence-corrected chi connectivity index (χ0v) is 14.8. The second kappa shape index (κ2) is 7.24. The molecule has 5 nitrogen and oxygen atoms in total. The number of alkyl halides is 2. The summed E-state index contributed by atoms with van der Waals surface area (Å²) in [6, 6.07) is 11.1. The fraction of sp³-hybridized carbons (Fsp3) is 0.105. The number of anilines is 1. The average molecular weight is 384 g/mol. The number of imidazole rings is 1. The van der Waals surface area contributed by atoms with Gasteiger partial charge in [0.05, 0.1) is 23.0 Å². The SMILES string of the molecule is O=C(Cc1ccc(C(F)F)cc1)Nc1ccc2[nH]c(-c3cscn3)nc2c1. The minimum absolute atomic E-state index is 0.0564. The molecule has 1 amide bonds. The first-order valence-corrected chi connectivity index (χ1v) is 9.08. The summed E-state index contributed by atoms with van der Waals surface area (Å²) in [4.78, 5) is 24.1. The Bertz CT molecular complexity index is 1070. The first kappa shape index (κ1) is 17.3. The van der Waals surface area contributed by atoms with Crippen LogP contribution < -0.4 is 5.32 Å². The topological polar surface area (TPSA) is 70.7 Å². The Morgan fingerprint density at radius 2 is 2.00 bits per heavy atom. The van der Waals surface area contributed by atoms with Crippen molar-refractivity contribution in [1.82, 2.24) is 15.0 Å². The van der Waals surface area contributed by atoms with Gasteiger partial charge in [0.25, 0.3) is 6.43 Å². The minimum atomic E-state index is -2.51. The van der Waals surface area contributed by atoms with E-state index in [0.717, 1.165) is 16.7 Å². The maximum absolute atomic E-state index is 12.6. The molecule has 0 radical (unpaired) electrons. The maximum atomic E-state index is 12.6. The lowest BCUT2D eigenvalue weighted by Gasteiger charge is -2.06. The van der Waals surface area contributed by atoms with Crippen LogP contribution in [-0.2, 0) is 11.2 Å². The quantitative estimate of drug-likeness (QED) is 0.519. The number of fused-ring (bicyclic) bond motifs is 1. The molecule has 2 aromatic heterocycles. The summed E-state index contributed by atoms with van der Waals surface area (Å²) in [7, 11) is 0. The Kier molecular flexibility index (Phi) is 4.64. The van der Waals surface area contributed by atoms with Crippen LogP contribution in [0, 0.1) is 0 Å². The van der Waals surface area contributed by atoms with Crippen LogP contribution in [0.5, 0.6) is 0 Å². The lowest BCUT2D eigenvalue weighted by Crippen LogP contribution is -2.14. The van der Waals surface area contributed by atoms with E-state index in [1.54, 1.807) is 17.6 Å². The first-order valence-electron chi connectivity index (χ1n) is 8.13. The van der Waals surface area contributed by atoms with E-state index >= 15 is 0 Å². The molecule has 136 valence electrons. The smallest absolute Gasteiger partial charge is 0.263 e. The third-order valence-electron chi connectivity index (χ3n) is 4.04. The van der Waals surface area contributed by atoms with Crippen molar-refractivity contribution in [3.8, 4) is 11.5 Å². The molecule has 27 heavy (non-hydrogen) atoms. The van der Waals surface area contributed by atoms with Gasteiger partial charge < -0.3 is 10.3 Å². The number of H-pyrrole nitrogens is 1. The third kappa shape index (κ3) is 3.85. The summed E-state index contributed by atoms with van der Waals surface area (Å²) in [5.74, 6) is 0.447. The lowest BCUT2D eigenvalue weighted by atomic mass is 10.1. The molecule has 8 heteroatoms. The van der Waals surface area contributed by atoms with Crippen molar-refractivity contribution in [2.45, 2.75) is 12.8 Å². The Morgan fingerprint density at radius 1 is 1.19 bits per heavy atom. The zero-order chi connectivity index (χ0) is 18.8. The van der Waals surface area contributed by atoms with Gasteiger partial charge in [-0.05, 0) is 23.8 Å². The average Bonchev–Trinajstić information content (AvgIpc) is 3.31. The molecule has 0 saturated carbocycles. The van der Waals surface area contributed by atoms with Crippen LogP contribution in [0.25, 0.3) is 22.6 Å². The number of halogens is 2. The van der Waals surface area contributed by atoms with E-state index in [9.17, 15) is 13.6 Å². The van der Waals surface area contributed by atoms with Crippen LogP contribution in [0.3, 0.4) is 0 Å². The number of carbonyl (C=O) groups is 1. The van der Waals surface area contributed by atoms with Crippen molar-refractivity contribution in [2.75, 3.05) is 5.32 Å². The molecule has 0 aliphatic heterocycles. The third-order valence-corrected chi connectivity index (χ3v) is 4.62. The van der Waals surface area contributed by atoms with Gasteiger partial charge in [-0.25, -0.2) is 18.7 Å². The van der Waals surface area contributed by atoms with Gasteiger partial charge in [-0.15, -0.1) is 11.3 Å². The summed E-state index contributed by atoms with van der Waals surface area (Å²) in [6.45, 7) is 0. The molecule has 0 unspecified atom stereocenters. The molecule has 2 aromatic carbocycles. The number of hydrogen-bond donors (Lipinski definition) is 2. The normalized spacial score (nSPS) is 11.2. The van der Waals surface area contributed by atoms with E-state index in [-0.39, 0.29) is 17.9 Å². The van der Waals surface area contributed by atoms with Gasteiger partial charge in [-0.3, -0.25) is 4.79 Å². The van der Waals surface area contributed by atoms with Crippen LogP contribution in [0.4, 0.5) is 14.5 Å². The summed E-state index contributed by atoms with van der Waals surface area (Å²) in [5.41, 5.74) is 5.31. The Labute approximate surface area is 157 Å². The number of amides is 1. The van der Waals surface area contributed by atoms with Gasteiger partial charge in [0.15, 0.2) is 5.82 Å². The highest BCUT2D eigenvalue weighted by atomic mass is 32.1. The Balaban J connectivity index is 1.46. The van der Waals surface area contributed by atoms with Crippen molar-refractivity contribution in [2.24, 2.45) is 0 Å².